The van der Waals surface area contributed by atoms with Crippen molar-refractivity contribution < 1.29 is 23.1 Å². The number of rotatable bonds is 11. The van der Waals surface area contributed by atoms with Gasteiger partial charge in [0.2, 0.25) is 0 Å². The lowest BCUT2D eigenvalue weighted by Gasteiger charge is -2.23. The lowest BCUT2D eigenvalue weighted by Crippen LogP contribution is -2.42. The second-order valence-electron chi connectivity index (χ2n) is 9.18. The van der Waals surface area contributed by atoms with E-state index in [1.807, 2.05) is 6.07 Å². The Balaban J connectivity index is 1.43. The number of halogens is 2. The van der Waals surface area contributed by atoms with E-state index < -0.39 is 12.5 Å². The fourth-order valence-corrected chi connectivity index (χ4v) is 4.48. The number of ether oxygens (including phenoxy) is 1. The highest BCUT2D eigenvalue weighted by Gasteiger charge is 2.34. The molecular weight excluding hydrogens is 462 g/mol. The van der Waals surface area contributed by atoms with Gasteiger partial charge in [0.1, 0.15) is 11.4 Å². The number of alkyl halides is 2. The zero-order chi connectivity index (χ0) is 24.3. The number of aryl methyl sites for hydroxylation is 2. The minimum atomic E-state index is -2.90. The molecule has 1 atom stereocenters. The van der Waals surface area contributed by atoms with Gasteiger partial charge in [0.15, 0.2) is 6.61 Å². The summed E-state index contributed by atoms with van der Waals surface area (Å²) in [5, 5.41) is 7.69. The lowest BCUT2D eigenvalue weighted by atomic mass is 9.95. The van der Waals surface area contributed by atoms with Gasteiger partial charge in [0.05, 0.1) is 11.3 Å². The van der Waals surface area contributed by atoms with Crippen molar-refractivity contribution in [2.75, 3.05) is 12.9 Å². The summed E-state index contributed by atoms with van der Waals surface area (Å²) in [6, 6.07) is 6.95. The van der Waals surface area contributed by atoms with Crippen LogP contribution in [0.25, 0.3) is 0 Å². The Morgan fingerprint density at radius 2 is 2.15 bits per heavy atom. The molecule has 1 aliphatic heterocycles. The molecular formula is C24H30F2N4O3S. The zero-order valence-corrected chi connectivity index (χ0v) is 20.2. The van der Waals surface area contributed by atoms with E-state index in [0.717, 1.165) is 18.9 Å². The van der Waals surface area contributed by atoms with Gasteiger partial charge in [0, 0.05) is 32.2 Å². The fourth-order valence-electron chi connectivity index (χ4n) is 4.20. The Hall–Kier alpha value is -2.62. The molecule has 1 saturated carbocycles. The van der Waals surface area contributed by atoms with Crippen LogP contribution in [0.3, 0.4) is 0 Å². The summed E-state index contributed by atoms with van der Waals surface area (Å²) in [5.74, 6) is -2.40. The predicted molar refractivity (Wildman–Crippen MR) is 126 cm³/mol. The molecule has 2 aliphatic rings. The van der Waals surface area contributed by atoms with Gasteiger partial charge in [-0.2, -0.15) is 5.10 Å². The average Bonchev–Trinajstić information content (AvgIpc) is 3.54. The van der Waals surface area contributed by atoms with Crippen LogP contribution < -0.4 is 14.8 Å². The van der Waals surface area contributed by atoms with Crippen LogP contribution in [0.4, 0.5) is 8.78 Å². The molecule has 1 unspecified atom stereocenters. The summed E-state index contributed by atoms with van der Waals surface area (Å²) < 4.78 is 35.8. The molecule has 0 spiro atoms. The monoisotopic (exact) mass is 492 g/mol. The van der Waals surface area contributed by atoms with Crippen LogP contribution in [-0.2, 0) is 19.4 Å². The summed E-state index contributed by atoms with van der Waals surface area (Å²) in [6.07, 6.45) is 6.97. The Kier molecular flexibility index (Phi) is 7.45. The van der Waals surface area contributed by atoms with E-state index in [0.29, 0.717) is 54.4 Å². The fraction of sp³-hybridized carbons (Fsp3) is 0.542. The Morgan fingerprint density at radius 1 is 1.35 bits per heavy atom. The smallest absolute Gasteiger partial charge is 0.280 e. The summed E-state index contributed by atoms with van der Waals surface area (Å²) in [4.78, 5) is 25.7. The van der Waals surface area contributed by atoms with Crippen molar-refractivity contribution >= 4 is 23.8 Å². The van der Waals surface area contributed by atoms with Crippen molar-refractivity contribution in [2.24, 2.45) is 5.92 Å². The lowest BCUT2D eigenvalue weighted by molar-refractivity contribution is -0.0229. The predicted octanol–water partition coefficient (Wildman–Crippen LogP) is 4.01. The van der Waals surface area contributed by atoms with Crippen LogP contribution in [0.1, 0.15) is 64.7 Å². The van der Waals surface area contributed by atoms with Crippen LogP contribution in [0.2, 0.25) is 0 Å². The van der Waals surface area contributed by atoms with Gasteiger partial charge in [-0.1, -0.05) is 36.9 Å². The quantitative estimate of drug-likeness (QED) is 0.463. The van der Waals surface area contributed by atoms with E-state index in [9.17, 15) is 18.4 Å². The van der Waals surface area contributed by atoms with E-state index in [4.69, 9.17) is 4.74 Å². The van der Waals surface area contributed by atoms with Crippen molar-refractivity contribution in [1.29, 1.82) is 0 Å². The molecule has 10 heteroatoms. The van der Waals surface area contributed by atoms with Gasteiger partial charge in [-0.05, 0) is 42.9 Å². The Bertz CT molecular complexity index is 1050. The van der Waals surface area contributed by atoms with Gasteiger partial charge in [-0.25, -0.2) is 8.78 Å². The molecule has 4 rings (SSSR count). The topological polar surface area (TPSA) is 85.2 Å². The second-order valence-corrected chi connectivity index (χ2v) is 9.79. The van der Waals surface area contributed by atoms with Crippen LogP contribution in [0.15, 0.2) is 24.3 Å². The molecule has 184 valence electrons. The van der Waals surface area contributed by atoms with Crippen molar-refractivity contribution in [1.82, 2.24) is 19.8 Å². The first-order chi connectivity index (χ1) is 16.2. The van der Waals surface area contributed by atoms with Gasteiger partial charge in [0.25, 0.3) is 17.7 Å². The molecule has 1 fully saturated rings. The summed E-state index contributed by atoms with van der Waals surface area (Å²) >= 11 is 1.19. The van der Waals surface area contributed by atoms with Crippen molar-refractivity contribution in [3.05, 3.63) is 46.8 Å². The zero-order valence-electron chi connectivity index (χ0n) is 19.4. The van der Waals surface area contributed by atoms with Crippen molar-refractivity contribution in [2.45, 2.75) is 64.0 Å². The molecule has 0 saturated heterocycles. The number of nitrogens with one attached hydrogen (secondary N) is 2. The standard InChI is InChI=1S/C24H30F2N4O3S/c1-24(25,26)14-33-18-5-3-4-16(12-18)8-9-17-13-19-20(22(31)27-17)21(23(32)29-34-2)30(28-19)11-10-15-6-7-15/h3-5,12,15,17H,6-11,13-14H2,1-2H3,(H,27,31)(H,29,32). The SMILES string of the molecule is CSNC(=O)c1c2c(nn1CCC1CC1)CC(CCc1cccc(OCC(C)(F)F)c1)NC2=O. The molecule has 2 amide bonds. The molecule has 0 bridgehead atoms. The number of carbonyl (C=O) groups excluding carboxylic acids is 2. The molecule has 1 aliphatic carbocycles. The highest BCUT2D eigenvalue weighted by molar-refractivity contribution is 7.97. The van der Waals surface area contributed by atoms with E-state index in [-0.39, 0.29) is 17.9 Å². The number of hydrogen-bond donors (Lipinski definition) is 2. The van der Waals surface area contributed by atoms with E-state index in [2.05, 4.69) is 15.1 Å². The molecule has 2 aromatic rings. The number of carbonyl (C=O) groups is 2. The van der Waals surface area contributed by atoms with Gasteiger partial charge in [-0.15, -0.1) is 0 Å². The number of amides is 2. The maximum atomic E-state index is 13.1. The Morgan fingerprint density at radius 3 is 2.85 bits per heavy atom. The molecule has 0 radical (unpaired) electrons. The van der Waals surface area contributed by atoms with Gasteiger partial charge >= 0.3 is 0 Å². The van der Waals surface area contributed by atoms with E-state index >= 15 is 0 Å². The molecule has 2 heterocycles. The largest absolute Gasteiger partial charge is 0.487 e. The highest BCUT2D eigenvalue weighted by Crippen LogP contribution is 2.33. The van der Waals surface area contributed by atoms with Crippen LogP contribution in [0.5, 0.6) is 5.75 Å². The molecule has 7 nitrogen and oxygen atoms in total. The number of nitrogens with zero attached hydrogens (tertiary/aromatic N) is 2. The number of fused-ring (bicyclic) bond motifs is 1. The third-order valence-electron chi connectivity index (χ3n) is 6.06. The minimum absolute atomic E-state index is 0.132. The highest BCUT2D eigenvalue weighted by atomic mass is 32.2. The number of hydrogen-bond acceptors (Lipinski definition) is 5. The molecule has 1 aromatic carbocycles. The van der Waals surface area contributed by atoms with Gasteiger partial charge < -0.3 is 10.1 Å². The van der Waals surface area contributed by atoms with Gasteiger partial charge in [-0.3, -0.25) is 19.0 Å². The summed E-state index contributed by atoms with van der Waals surface area (Å²) in [6.45, 7) is 0.768. The van der Waals surface area contributed by atoms with Crippen LogP contribution >= 0.6 is 11.9 Å². The van der Waals surface area contributed by atoms with Crippen molar-refractivity contribution in [3.63, 3.8) is 0 Å². The molecule has 1 aromatic heterocycles. The first-order valence-corrected chi connectivity index (χ1v) is 12.8. The van der Waals surface area contributed by atoms with Crippen LogP contribution in [-0.4, -0.2) is 46.4 Å². The first-order valence-electron chi connectivity index (χ1n) is 11.6. The van der Waals surface area contributed by atoms with E-state index in [1.165, 1.54) is 24.8 Å². The normalized spacial score (nSPS) is 17.8. The first kappa shape index (κ1) is 24.5. The van der Waals surface area contributed by atoms with E-state index in [1.54, 1.807) is 29.1 Å². The summed E-state index contributed by atoms with van der Waals surface area (Å²) in [5.41, 5.74) is 2.29. The average molecular weight is 493 g/mol. The number of aromatic nitrogens is 2. The van der Waals surface area contributed by atoms with Crippen LogP contribution in [0, 0.1) is 5.92 Å². The summed E-state index contributed by atoms with van der Waals surface area (Å²) in [7, 11) is 0. The maximum Gasteiger partial charge on any atom is 0.280 e. The third kappa shape index (κ3) is 6.28. The Labute approximate surface area is 202 Å². The third-order valence-corrected chi connectivity index (χ3v) is 6.44. The molecule has 2 N–H and O–H groups in total. The molecule has 34 heavy (non-hydrogen) atoms. The maximum absolute atomic E-state index is 13.1. The second kappa shape index (κ2) is 10.3. The minimum Gasteiger partial charge on any atom is -0.487 e. The van der Waals surface area contributed by atoms with Crippen molar-refractivity contribution in [3.8, 4) is 5.75 Å². The number of benzene rings is 1.